The Kier molecular flexibility index (Phi) is 3.00. The van der Waals surface area contributed by atoms with Crippen LogP contribution in [0, 0.1) is 5.82 Å². The molecular weight excluding hydrogens is 305 g/mol. The van der Waals surface area contributed by atoms with Crippen LogP contribution in [0.3, 0.4) is 0 Å². The van der Waals surface area contributed by atoms with Gasteiger partial charge in [0.05, 0.1) is 11.4 Å². The van der Waals surface area contributed by atoms with Crippen LogP contribution in [0.2, 0.25) is 0 Å². The molecule has 4 rings (SSSR count). The van der Waals surface area contributed by atoms with E-state index in [4.69, 9.17) is 4.74 Å². The summed E-state index contributed by atoms with van der Waals surface area (Å²) in [4.78, 5) is 38.7. The number of fused-ring (bicyclic) bond motifs is 2. The SMILES string of the molecule is O=C1COc2cc(F)c(N3C(=O)C4CCCCN4C3=O)cc2N1. The van der Waals surface area contributed by atoms with Gasteiger partial charge in [-0.2, -0.15) is 0 Å². The third kappa shape index (κ3) is 2.05. The van der Waals surface area contributed by atoms with Crippen molar-refractivity contribution >= 4 is 29.2 Å². The highest BCUT2D eigenvalue weighted by molar-refractivity contribution is 6.21. The summed E-state index contributed by atoms with van der Waals surface area (Å²) in [6, 6.07) is 1.33. The zero-order chi connectivity index (χ0) is 16.1. The van der Waals surface area contributed by atoms with Crippen molar-refractivity contribution in [2.24, 2.45) is 0 Å². The van der Waals surface area contributed by atoms with Crippen molar-refractivity contribution in [3.8, 4) is 5.75 Å². The molecule has 3 aliphatic rings. The maximum atomic E-state index is 14.4. The minimum absolute atomic E-state index is 0.154. The summed E-state index contributed by atoms with van der Waals surface area (Å²) >= 11 is 0. The van der Waals surface area contributed by atoms with Crippen LogP contribution >= 0.6 is 0 Å². The molecule has 2 saturated heterocycles. The molecule has 120 valence electrons. The number of imide groups is 1. The van der Waals surface area contributed by atoms with Gasteiger partial charge in [-0.1, -0.05) is 0 Å². The number of hydrogen-bond acceptors (Lipinski definition) is 4. The lowest BCUT2D eigenvalue weighted by Gasteiger charge is -2.26. The van der Waals surface area contributed by atoms with Crippen LogP contribution < -0.4 is 15.0 Å². The molecule has 4 amide bonds. The largest absolute Gasteiger partial charge is 0.481 e. The van der Waals surface area contributed by atoms with Crippen molar-refractivity contribution in [3.05, 3.63) is 17.9 Å². The summed E-state index contributed by atoms with van der Waals surface area (Å²) < 4.78 is 19.5. The Labute approximate surface area is 131 Å². The molecule has 0 radical (unpaired) electrons. The Morgan fingerprint density at radius 3 is 2.83 bits per heavy atom. The second-order valence-electron chi connectivity index (χ2n) is 5.80. The van der Waals surface area contributed by atoms with Gasteiger partial charge < -0.3 is 15.0 Å². The van der Waals surface area contributed by atoms with E-state index in [1.165, 1.54) is 11.0 Å². The number of anilines is 2. The van der Waals surface area contributed by atoms with E-state index >= 15 is 0 Å². The van der Waals surface area contributed by atoms with Gasteiger partial charge in [-0.05, 0) is 25.3 Å². The fourth-order valence-electron chi connectivity index (χ4n) is 3.27. The zero-order valence-corrected chi connectivity index (χ0v) is 12.2. The molecule has 2 fully saturated rings. The molecule has 0 saturated carbocycles. The molecule has 3 heterocycles. The third-order valence-corrected chi connectivity index (χ3v) is 4.37. The Hall–Kier alpha value is -2.64. The number of rotatable bonds is 1. The molecule has 0 aromatic heterocycles. The van der Waals surface area contributed by atoms with Crippen LogP contribution in [0.1, 0.15) is 19.3 Å². The summed E-state index contributed by atoms with van der Waals surface area (Å²) in [6.45, 7) is 0.307. The smallest absolute Gasteiger partial charge is 0.332 e. The molecule has 1 unspecified atom stereocenters. The Morgan fingerprint density at radius 2 is 2.04 bits per heavy atom. The summed E-state index contributed by atoms with van der Waals surface area (Å²) in [5, 5.41) is 2.55. The molecule has 8 heteroatoms. The second-order valence-corrected chi connectivity index (χ2v) is 5.80. The first kappa shape index (κ1) is 14.0. The molecule has 3 aliphatic heterocycles. The van der Waals surface area contributed by atoms with Gasteiger partial charge in [-0.15, -0.1) is 0 Å². The quantitative estimate of drug-likeness (QED) is 0.795. The second kappa shape index (κ2) is 4.94. The number of benzene rings is 1. The van der Waals surface area contributed by atoms with Crippen molar-refractivity contribution in [1.29, 1.82) is 0 Å². The van der Waals surface area contributed by atoms with E-state index in [1.807, 2.05) is 0 Å². The van der Waals surface area contributed by atoms with E-state index in [0.29, 0.717) is 13.0 Å². The average Bonchev–Trinajstić information content (AvgIpc) is 2.79. The van der Waals surface area contributed by atoms with E-state index in [2.05, 4.69) is 5.32 Å². The minimum Gasteiger partial charge on any atom is -0.481 e. The fraction of sp³-hybridized carbons (Fsp3) is 0.400. The summed E-state index contributed by atoms with van der Waals surface area (Å²) in [6.07, 6.45) is 2.29. The van der Waals surface area contributed by atoms with Crippen LogP contribution in [0.5, 0.6) is 5.75 Å². The molecule has 0 aliphatic carbocycles. The number of halogens is 1. The highest BCUT2D eigenvalue weighted by atomic mass is 19.1. The molecule has 23 heavy (non-hydrogen) atoms. The number of nitrogens with zero attached hydrogens (tertiary/aromatic N) is 2. The first-order chi connectivity index (χ1) is 11.1. The number of carbonyl (C=O) groups excluding carboxylic acids is 3. The lowest BCUT2D eigenvalue weighted by molar-refractivity contribution is -0.120. The fourth-order valence-corrected chi connectivity index (χ4v) is 3.27. The molecule has 1 aromatic rings. The minimum atomic E-state index is -0.735. The Bertz CT molecular complexity index is 712. The van der Waals surface area contributed by atoms with Gasteiger partial charge in [0.2, 0.25) is 0 Å². The number of urea groups is 1. The molecule has 1 aromatic carbocycles. The molecule has 1 N–H and O–H groups in total. The van der Waals surface area contributed by atoms with Crippen molar-refractivity contribution in [2.75, 3.05) is 23.4 Å². The lowest BCUT2D eigenvalue weighted by atomic mass is 10.0. The van der Waals surface area contributed by atoms with Gasteiger partial charge in [0, 0.05) is 12.6 Å². The molecule has 1 atom stereocenters. The van der Waals surface area contributed by atoms with Gasteiger partial charge in [0.15, 0.2) is 12.4 Å². The number of amides is 4. The van der Waals surface area contributed by atoms with Gasteiger partial charge >= 0.3 is 6.03 Å². The van der Waals surface area contributed by atoms with Crippen molar-refractivity contribution in [1.82, 2.24) is 4.90 Å². The van der Waals surface area contributed by atoms with Gasteiger partial charge in [0.1, 0.15) is 11.8 Å². The zero-order valence-electron chi connectivity index (χ0n) is 12.2. The van der Waals surface area contributed by atoms with Gasteiger partial charge in [-0.25, -0.2) is 14.1 Å². The number of ether oxygens (including phenoxy) is 1. The van der Waals surface area contributed by atoms with Crippen LogP contribution in [0.25, 0.3) is 0 Å². The maximum Gasteiger partial charge on any atom is 0.332 e. The predicted molar refractivity (Wildman–Crippen MR) is 77.8 cm³/mol. The Morgan fingerprint density at radius 1 is 1.22 bits per heavy atom. The molecular formula is C15H14FN3O4. The lowest BCUT2D eigenvalue weighted by Crippen LogP contribution is -2.39. The van der Waals surface area contributed by atoms with Crippen LogP contribution in [0.15, 0.2) is 12.1 Å². The summed E-state index contributed by atoms with van der Waals surface area (Å²) in [5.41, 5.74) is 0.0991. The normalized spacial score (nSPS) is 23.3. The predicted octanol–water partition coefficient (Wildman–Crippen LogP) is 1.48. The van der Waals surface area contributed by atoms with E-state index < -0.39 is 23.8 Å². The summed E-state index contributed by atoms with van der Waals surface area (Å²) in [7, 11) is 0. The van der Waals surface area contributed by atoms with Crippen molar-refractivity contribution in [2.45, 2.75) is 25.3 Å². The number of piperidine rings is 1. The van der Waals surface area contributed by atoms with Crippen molar-refractivity contribution in [3.63, 3.8) is 0 Å². The van der Waals surface area contributed by atoms with E-state index in [1.54, 1.807) is 0 Å². The first-order valence-corrected chi connectivity index (χ1v) is 7.47. The molecule has 0 spiro atoms. The summed E-state index contributed by atoms with van der Waals surface area (Å²) in [5.74, 6) is -1.34. The highest BCUT2D eigenvalue weighted by Gasteiger charge is 2.47. The molecule has 0 bridgehead atoms. The molecule has 7 nitrogen and oxygen atoms in total. The maximum absolute atomic E-state index is 14.4. The topological polar surface area (TPSA) is 79.0 Å². The van der Waals surface area contributed by atoms with E-state index in [0.717, 1.165) is 23.8 Å². The number of nitrogens with one attached hydrogen (secondary N) is 1. The van der Waals surface area contributed by atoms with Crippen LogP contribution in [-0.4, -0.2) is 41.9 Å². The van der Waals surface area contributed by atoms with Crippen molar-refractivity contribution < 1.29 is 23.5 Å². The van der Waals surface area contributed by atoms with Crippen LogP contribution in [-0.2, 0) is 9.59 Å². The van der Waals surface area contributed by atoms with Gasteiger partial charge in [0.25, 0.3) is 11.8 Å². The number of hydrogen-bond donors (Lipinski definition) is 1. The average molecular weight is 319 g/mol. The highest BCUT2D eigenvalue weighted by Crippen LogP contribution is 2.38. The standard InChI is InChI=1S/C15H14FN3O4/c16-8-5-12-9(17-13(20)7-23-12)6-11(8)19-14(21)10-3-1-2-4-18(10)15(19)22/h5-6,10H,1-4,7H2,(H,17,20). The van der Waals surface area contributed by atoms with E-state index in [9.17, 15) is 18.8 Å². The van der Waals surface area contributed by atoms with E-state index in [-0.39, 0.29) is 29.6 Å². The van der Waals surface area contributed by atoms with Gasteiger partial charge in [-0.3, -0.25) is 9.59 Å². The Balaban J connectivity index is 1.75. The third-order valence-electron chi connectivity index (χ3n) is 4.37. The number of carbonyl (C=O) groups is 3. The van der Waals surface area contributed by atoms with Crippen LogP contribution in [0.4, 0.5) is 20.6 Å². The first-order valence-electron chi connectivity index (χ1n) is 7.47. The monoisotopic (exact) mass is 319 g/mol.